The predicted octanol–water partition coefficient (Wildman–Crippen LogP) is 4.20. The molecule has 0 amide bonds. The van der Waals surface area contributed by atoms with Crippen molar-refractivity contribution in [3.8, 4) is 0 Å². The first-order valence-corrected chi connectivity index (χ1v) is 9.24. The van der Waals surface area contributed by atoms with E-state index in [1.54, 1.807) is 0 Å². The number of ether oxygens (including phenoxy) is 1. The zero-order valence-electron chi connectivity index (χ0n) is 13.6. The molecule has 2 rings (SSSR count). The summed E-state index contributed by atoms with van der Waals surface area (Å²) < 4.78 is 5.47. The number of aryl methyl sites for hydroxylation is 1. The Morgan fingerprint density at radius 2 is 1.86 bits per heavy atom. The molecule has 0 saturated carbocycles. The van der Waals surface area contributed by atoms with E-state index in [-0.39, 0.29) is 0 Å². The van der Waals surface area contributed by atoms with Gasteiger partial charge in [0.2, 0.25) is 0 Å². The van der Waals surface area contributed by atoms with E-state index in [1.807, 2.05) is 0 Å². The lowest BCUT2D eigenvalue weighted by atomic mass is 10.0. The molecule has 21 heavy (non-hydrogen) atoms. The first kappa shape index (κ1) is 16.9. The Hall–Kier alpha value is -0.510. The van der Waals surface area contributed by atoms with Gasteiger partial charge in [-0.15, -0.1) is 0 Å². The van der Waals surface area contributed by atoms with E-state index in [1.165, 1.54) is 24.0 Å². The Labute approximate surface area is 134 Å². The Morgan fingerprint density at radius 3 is 2.43 bits per heavy atom. The Kier molecular flexibility index (Phi) is 7.08. The lowest BCUT2D eigenvalue weighted by Crippen LogP contribution is -2.31. The molecule has 118 valence electrons. The van der Waals surface area contributed by atoms with Gasteiger partial charge in [0.15, 0.2) is 0 Å². The number of hydrogen-bond acceptors (Lipinski definition) is 3. The summed E-state index contributed by atoms with van der Waals surface area (Å²) in [6.45, 7) is 9.64. The summed E-state index contributed by atoms with van der Waals surface area (Å²) in [6, 6.07) is 9.57. The molecular formula is C18H29NOS. The first-order valence-electron chi connectivity index (χ1n) is 8.30. The zero-order chi connectivity index (χ0) is 15.1. The molecule has 3 heteroatoms. The molecular weight excluding hydrogens is 278 g/mol. The predicted molar refractivity (Wildman–Crippen MR) is 93.1 cm³/mol. The van der Waals surface area contributed by atoms with E-state index in [9.17, 15) is 0 Å². The van der Waals surface area contributed by atoms with Crippen LogP contribution in [0.4, 0.5) is 0 Å². The highest BCUT2D eigenvalue weighted by atomic mass is 32.2. The molecule has 1 saturated heterocycles. The van der Waals surface area contributed by atoms with Crippen LogP contribution in [0.15, 0.2) is 24.3 Å². The second-order valence-corrected chi connectivity index (χ2v) is 7.47. The van der Waals surface area contributed by atoms with E-state index >= 15 is 0 Å². The van der Waals surface area contributed by atoms with Gasteiger partial charge in [-0.25, -0.2) is 0 Å². The fourth-order valence-electron chi connectivity index (χ4n) is 2.93. The van der Waals surface area contributed by atoms with Gasteiger partial charge in [-0.2, -0.15) is 11.8 Å². The maximum Gasteiger partial charge on any atom is 0.0476 e. The molecule has 0 spiro atoms. The van der Waals surface area contributed by atoms with Gasteiger partial charge >= 0.3 is 0 Å². The van der Waals surface area contributed by atoms with Crippen LogP contribution in [0.5, 0.6) is 0 Å². The third kappa shape index (κ3) is 5.01. The zero-order valence-corrected chi connectivity index (χ0v) is 14.4. The first-order chi connectivity index (χ1) is 10.2. The van der Waals surface area contributed by atoms with Crippen LogP contribution in [0.2, 0.25) is 0 Å². The summed E-state index contributed by atoms with van der Waals surface area (Å²) in [5.74, 6) is 0. The minimum atomic E-state index is 0.439. The molecule has 1 heterocycles. The number of rotatable bonds is 7. The summed E-state index contributed by atoms with van der Waals surface area (Å²) in [5.41, 5.74) is 2.83. The highest BCUT2D eigenvalue weighted by Crippen LogP contribution is 2.33. The molecule has 1 aliphatic heterocycles. The van der Waals surface area contributed by atoms with Crippen molar-refractivity contribution < 1.29 is 4.74 Å². The van der Waals surface area contributed by atoms with Gasteiger partial charge in [-0.05, 0) is 36.9 Å². The van der Waals surface area contributed by atoms with Gasteiger partial charge in [0.05, 0.1) is 0 Å². The monoisotopic (exact) mass is 307 g/mol. The molecule has 2 atom stereocenters. The molecule has 0 aliphatic carbocycles. The van der Waals surface area contributed by atoms with Crippen LogP contribution in [0.25, 0.3) is 0 Å². The van der Waals surface area contributed by atoms with Crippen molar-refractivity contribution in [2.24, 2.45) is 0 Å². The van der Waals surface area contributed by atoms with Crippen LogP contribution in [0.1, 0.15) is 50.8 Å². The van der Waals surface area contributed by atoms with Crippen LogP contribution in [-0.4, -0.2) is 30.3 Å². The number of hydrogen-bond donors (Lipinski definition) is 1. The summed E-state index contributed by atoms with van der Waals surface area (Å²) in [4.78, 5) is 0. The van der Waals surface area contributed by atoms with E-state index in [0.29, 0.717) is 11.3 Å². The highest BCUT2D eigenvalue weighted by Gasteiger charge is 2.24. The number of benzene rings is 1. The fourth-order valence-corrected chi connectivity index (χ4v) is 4.41. The van der Waals surface area contributed by atoms with Crippen LogP contribution in [0.3, 0.4) is 0 Å². The van der Waals surface area contributed by atoms with Gasteiger partial charge in [0.25, 0.3) is 0 Å². The lowest BCUT2D eigenvalue weighted by molar-refractivity contribution is 0.0999. The summed E-state index contributed by atoms with van der Waals surface area (Å²) >= 11 is 2.13. The van der Waals surface area contributed by atoms with Crippen molar-refractivity contribution in [2.75, 3.05) is 19.8 Å². The fraction of sp³-hybridized carbons (Fsp3) is 0.667. The average molecular weight is 308 g/mol. The minimum Gasteiger partial charge on any atom is -0.381 e. The lowest BCUT2D eigenvalue weighted by Gasteiger charge is -2.30. The van der Waals surface area contributed by atoms with Gasteiger partial charge in [0.1, 0.15) is 0 Å². The van der Waals surface area contributed by atoms with Gasteiger partial charge in [-0.1, -0.05) is 45.0 Å². The molecule has 1 fully saturated rings. The largest absolute Gasteiger partial charge is 0.381 e. The third-order valence-electron chi connectivity index (χ3n) is 4.22. The Balaban J connectivity index is 2.01. The van der Waals surface area contributed by atoms with Crippen molar-refractivity contribution in [1.29, 1.82) is 0 Å². The van der Waals surface area contributed by atoms with Crippen molar-refractivity contribution in [3.63, 3.8) is 0 Å². The normalized spacial score (nSPS) is 19.4. The topological polar surface area (TPSA) is 21.3 Å². The second kappa shape index (κ2) is 8.82. The van der Waals surface area contributed by atoms with Gasteiger partial charge in [-0.3, -0.25) is 0 Å². The SMILES string of the molecule is CCNC(c1ccc(CC)cc1)C(C)SC1CCOCC1. The second-order valence-electron chi connectivity index (χ2n) is 5.78. The van der Waals surface area contributed by atoms with Gasteiger partial charge in [0, 0.05) is 29.8 Å². The summed E-state index contributed by atoms with van der Waals surface area (Å²) in [7, 11) is 0. The molecule has 2 nitrogen and oxygen atoms in total. The van der Waals surface area contributed by atoms with Crippen molar-refractivity contribution in [2.45, 2.75) is 56.6 Å². The van der Waals surface area contributed by atoms with Crippen molar-refractivity contribution in [3.05, 3.63) is 35.4 Å². The molecule has 2 unspecified atom stereocenters. The molecule has 0 bridgehead atoms. The van der Waals surface area contributed by atoms with Crippen molar-refractivity contribution in [1.82, 2.24) is 5.32 Å². The summed E-state index contributed by atoms with van der Waals surface area (Å²) in [6.07, 6.45) is 3.50. The Morgan fingerprint density at radius 1 is 1.19 bits per heavy atom. The third-order valence-corrected chi connectivity index (χ3v) is 5.77. The van der Waals surface area contributed by atoms with Gasteiger partial charge < -0.3 is 10.1 Å². The number of nitrogens with one attached hydrogen (secondary N) is 1. The summed E-state index contributed by atoms with van der Waals surface area (Å²) in [5, 5.41) is 5.01. The molecule has 0 aromatic heterocycles. The van der Waals surface area contributed by atoms with E-state index in [2.05, 4.69) is 62.1 Å². The van der Waals surface area contributed by atoms with E-state index in [0.717, 1.165) is 31.4 Å². The van der Waals surface area contributed by atoms with Crippen LogP contribution in [-0.2, 0) is 11.2 Å². The van der Waals surface area contributed by atoms with E-state index in [4.69, 9.17) is 4.74 Å². The maximum atomic E-state index is 5.47. The smallest absolute Gasteiger partial charge is 0.0476 e. The molecule has 1 aromatic rings. The van der Waals surface area contributed by atoms with Crippen LogP contribution in [0, 0.1) is 0 Å². The Bertz CT molecular complexity index is 400. The van der Waals surface area contributed by atoms with Crippen molar-refractivity contribution >= 4 is 11.8 Å². The standard InChI is InChI=1S/C18H29NOS/c1-4-15-6-8-16(9-7-15)18(19-5-2)14(3)21-17-10-12-20-13-11-17/h6-9,14,17-19H,4-5,10-13H2,1-3H3. The highest BCUT2D eigenvalue weighted by molar-refractivity contribution is 8.00. The molecule has 0 radical (unpaired) electrons. The van der Waals surface area contributed by atoms with E-state index < -0.39 is 0 Å². The minimum absolute atomic E-state index is 0.439. The van der Waals surface area contributed by atoms with Crippen LogP contribution >= 0.6 is 11.8 Å². The van der Waals surface area contributed by atoms with Crippen LogP contribution < -0.4 is 5.32 Å². The number of thioether (sulfide) groups is 1. The quantitative estimate of drug-likeness (QED) is 0.815. The average Bonchev–Trinajstić information content (AvgIpc) is 2.53. The molecule has 1 N–H and O–H groups in total. The maximum absolute atomic E-state index is 5.47. The molecule has 1 aliphatic rings. The molecule has 1 aromatic carbocycles.